The summed E-state index contributed by atoms with van der Waals surface area (Å²) in [5.41, 5.74) is -1.42. The minimum atomic E-state index is -2.44. The Balaban J connectivity index is 3.37. The second-order valence-electron chi connectivity index (χ2n) is 3.14. The summed E-state index contributed by atoms with van der Waals surface area (Å²) in [5, 5.41) is 9.32. The summed E-state index contributed by atoms with van der Waals surface area (Å²) in [6, 6.07) is 0. The van der Waals surface area contributed by atoms with E-state index in [1.807, 2.05) is 0 Å². The number of rotatable bonds is 3. The highest BCUT2D eigenvalue weighted by Crippen LogP contribution is 2.31. The molecule has 0 aliphatic carbocycles. The second kappa shape index (κ2) is 5.66. The van der Waals surface area contributed by atoms with Crippen LogP contribution in [0.4, 0.5) is 17.6 Å². The van der Waals surface area contributed by atoms with Crippen LogP contribution in [0.15, 0.2) is 4.47 Å². The van der Waals surface area contributed by atoms with Gasteiger partial charge in [0.15, 0.2) is 29.4 Å². The minimum Gasteiger partial charge on any atom is -0.464 e. The number of aliphatic hydroxyl groups excluding tert-OH is 1. The van der Waals surface area contributed by atoms with Crippen molar-refractivity contribution < 1.29 is 32.2 Å². The van der Waals surface area contributed by atoms with Crippen LogP contribution in [-0.2, 0) is 9.53 Å². The van der Waals surface area contributed by atoms with Gasteiger partial charge in [-0.2, -0.15) is 0 Å². The molecule has 0 fully saturated rings. The average molecular weight is 331 g/mol. The summed E-state index contributed by atoms with van der Waals surface area (Å²) in [7, 11) is 0. The summed E-state index contributed by atoms with van der Waals surface area (Å²) in [6.07, 6.45) is -2.44. The molecule has 0 spiro atoms. The van der Waals surface area contributed by atoms with Crippen LogP contribution in [0.5, 0.6) is 0 Å². The van der Waals surface area contributed by atoms with Gasteiger partial charge < -0.3 is 9.84 Å². The number of benzene rings is 1. The summed E-state index contributed by atoms with van der Waals surface area (Å²) in [4.78, 5) is 11.1. The Hall–Kier alpha value is -1.15. The van der Waals surface area contributed by atoms with Crippen molar-refractivity contribution in [2.45, 2.75) is 13.0 Å². The number of carbonyl (C=O) groups excluding carboxylic acids is 1. The highest BCUT2D eigenvalue weighted by Gasteiger charge is 2.32. The van der Waals surface area contributed by atoms with Gasteiger partial charge in [0.25, 0.3) is 0 Å². The molecule has 3 nitrogen and oxygen atoms in total. The molecular formula is C10H7BrF4O3. The molecule has 100 valence electrons. The lowest BCUT2D eigenvalue weighted by Gasteiger charge is -2.13. The predicted octanol–water partition coefficient (Wildman–Crippen LogP) is 2.60. The Morgan fingerprint density at radius 2 is 1.67 bits per heavy atom. The van der Waals surface area contributed by atoms with E-state index >= 15 is 0 Å². The highest BCUT2D eigenvalue weighted by molar-refractivity contribution is 9.10. The van der Waals surface area contributed by atoms with Gasteiger partial charge in [-0.3, -0.25) is 0 Å². The Labute approximate surface area is 107 Å². The van der Waals surface area contributed by atoms with Crippen LogP contribution < -0.4 is 0 Å². The molecule has 1 rings (SSSR count). The molecule has 1 aromatic rings. The van der Waals surface area contributed by atoms with Crippen LogP contribution >= 0.6 is 15.9 Å². The van der Waals surface area contributed by atoms with Crippen molar-refractivity contribution in [1.29, 1.82) is 0 Å². The zero-order valence-corrected chi connectivity index (χ0v) is 10.5. The molecule has 1 atom stereocenters. The third-order valence-corrected chi connectivity index (χ3v) is 2.72. The molecule has 0 aliphatic rings. The van der Waals surface area contributed by atoms with E-state index in [9.17, 15) is 27.5 Å². The number of esters is 1. The quantitative estimate of drug-likeness (QED) is 0.401. The Morgan fingerprint density at radius 3 is 2.06 bits per heavy atom. The van der Waals surface area contributed by atoms with Crippen molar-refractivity contribution in [3.05, 3.63) is 33.3 Å². The lowest BCUT2D eigenvalue weighted by molar-refractivity contribution is -0.153. The number of carbonyl (C=O) groups is 1. The SMILES string of the molecule is CCOC(=O)C(O)c1c(F)c(F)c(Br)c(F)c1F. The van der Waals surface area contributed by atoms with Crippen molar-refractivity contribution >= 4 is 21.9 Å². The Morgan fingerprint density at radius 1 is 1.22 bits per heavy atom. The minimum absolute atomic E-state index is 0.166. The van der Waals surface area contributed by atoms with Crippen molar-refractivity contribution in [2.24, 2.45) is 0 Å². The van der Waals surface area contributed by atoms with Gasteiger partial charge in [-0.05, 0) is 22.9 Å². The fourth-order valence-electron chi connectivity index (χ4n) is 1.20. The van der Waals surface area contributed by atoms with Crippen LogP contribution in [0.25, 0.3) is 0 Å². The van der Waals surface area contributed by atoms with Gasteiger partial charge in [0.05, 0.1) is 16.6 Å². The fourth-order valence-corrected chi connectivity index (χ4v) is 1.55. The molecule has 0 bridgehead atoms. The molecular weight excluding hydrogens is 324 g/mol. The predicted molar refractivity (Wildman–Crippen MR) is 55.6 cm³/mol. The number of ether oxygens (including phenoxy) is 1. The summed E-state index contributed by atoms with van der Waals surface area (Å²) < 4.78 is 56.3. The normalized spacial score (nSPS) is 12.4. The van der Waals surface area contributed by atoms with Crippen LogP contribution in [0.2, 0.25) is 0 Å². The fraction of sp³-hybridized carbons (Fsp3) is 0.300. The van der Waals surface area contributed by atoms with Gasteiger partial charge >= 0.3 is 5.97 Å². The summed E-state index contributed by atoms with van der Waals surface area (Å²) in [6.45, 7) is 1.22. The van der Waals surface area contributed by atoms with E-state index < -0.39 is 45.4 Å². The van der Waals surface area contributed by atoms with Crippen molar-refractivity contribution in [3.8, 4) is 0 Å². The maximum Gasteiger partial charge on any atom is 0.339 e. The van der Waals surface area contributed by atoms with Gasteiger partial charge in [0.2, 0.25) is 0 Å². The zero-order valence-electron chi connectivity index (χ0n) is 8.94. The molecule has 1 aromatic carbocycles. The molecule has 0 radical (unpaired) electrons. The number of hydrogen-bond donors (Lipinski definition) is 1. The molecule has 18 heavy (non-hydrogen) atoms. The standard InChI is InChI=1S/C10H7BrF4O3/c1-2-18-10(17)9(16)3-5(12)7(14)4(11)8(15)6(3)13/h9,16H,2H2,1H3. The molecule has 0 aliphatic heterocycles. The van der Waals surface area contributed by atoms with E-state index in [2.05, 4.69) is 20.7 Å². The van der Waals surface area contributed by atoms with Crippen molar-refractivity contribution in [1.82, 2.24) is 0 Å². The van der Waals surface area contributed by atoms with Crippen LogP contribution in [-0.4, -0.2) is 17.7 Å². The average Bonchev–Trinajstić information content (AvgIpc) is 2.34. The molecule has 0 saturated carbocycles. The van der Waals surface area contributed by atoms with Gasteiger partial charge in [-0.25, -0.2) is 22.4 Å². The van der Waals surface area contributed by atoms with E-state index in [0.717, 1.165) is 0 Å². The Kier molecular flexibility index (Phi) is 4.69. The first-order chi connectivity index (χ1) is 8.32. The van der Waals surface area contributed by atoms with E-state index in [1.165, 1.54) is 6.92 Å². The van der Waals surface area contributed by atoms with Crippen LogP contribution in [0, 0.1) is 23.3 Å². The van der Waals surface area contributed by atoms with E-state index in [4.69, 9.17) is 0 Å². The molecule has 0 saturated heterocycles. The lowest BCUT2D eigenvalue weighted by atomic mass is 10.1. The van der Waals surface area contributed by atoms with Crippen molar-refractivity contribution in [2.75, 3.05) is 6.61 Å². The molecule has 0 heterocycles. The second-order valence-corrected chi connectivity index (χ2v) is 3.93. The zero-order chi connectivity index (χ0) is 14.0. The maximum absolute atomic E-state index is 13.4. The van der Waals surface area contributed by atoms with Gasteiger partial charge in [0, 0.05) is 0 Å². The molecule has 0 aromatic heterocycles. The van der Waals surface area contributed by atoms with Gasteiger partial charge in [-0.1, -0.05) is 0 Å². The largest absolute Gasteiger partial charge is 0.464 e. The number of halogens is 5. The highest BCUT2D eigenvalue weighted by atomic mass is 79.9. The van der Waals surface area contributed by atoms with Crippen LogP contribution in [0.3, 0.4) is 0 Å². The maximum atomic E-state index is 13.4. The lowest BCUT2D eigenvalue weighted by Crippen LogP contribution is -2.20. The monoisotopic (exact) mass is 330 g/mol. The van der Waals surface area contributed by atoms with E-state index in [1.54, 1.807) is 0 Å². The smallest absolute Gasteiger partial charge is 0.339 e. The summed E-state index contributed by atoms with van der Waals surface area (Å²) in [5.74, 6) is -8.61. The third-order valence-electron chi connectivity index (χ3n) is 2.03. The molecule has 1 N–H and O–H groups in total. The third kappa shape index (κ3) is 2.49. The van der Waals surface area contributed by atoms with Crippen LogP contribution in [0.1, 0.15) is 18.6 Å². The molecule has 0 amide bonds. The topological polar surface area (TPSA) is 46.5 Å². The Bertz CT molecular complexity index is 463. The van der Waals surface area contributed by atoms with Gasteiger partial charge in [0.1, 0.15) is 0 Å². The molecule has 8 heteroatoms. The van der Waals surface area contributed by atoms with E-state index in [0.29, 0.717) is 0 Å². The van der Waals surface area contributed by atoms with E-state index in [-0.39, 0.29) is 6.61 Å². The molecule has 1 unspecified atom stereocenters. The first kappa shape index (κ1) is 14.9. The summed E-state index contributed by atoms with van der Waals surface area (Å²) >= 11 is 2.30. The first-order valence-electron chi connectivity index (χ1n) is 4.68. The number of aliphatic hydroxyl groups is 1. The van der Waals surface area contributed by atoms with Crippen molar-refractivity contribution in [3.63, 3.8) is 0 Å². The number of hydrogen-bond acceptors (Lipinski definition) is 3. The first-order valence-corrected chi connectivity index (χ1v) is 5.48. The van der Waals surface area contributed by atoms with Gasteiger partial charge in [-0.15, -0.1) is 0 Å².